The second-order valence-corrected chi connectivity index (χ2v) is 5.63. The van der Waals surface area contributed by atoms with Gasteiger partial charge in [-0.15, -0.1) is 11.6 Å². The Morgan fingerprint density at radius 1 is 1.20 bits per heavy atom. The van der Waals surface area contributed by atoms with Crippen molar-refractivity contribution in [3.05, 3.63) is 46.9 Å². The summed E-state index contributed by atoms with van der Waals surface area (Å²) >= 11 is 6.03. The number of rotatable bonds is 3. The zero-order valence-electron chi connectivity index (χ0n) is 12.2. The van der Waals surface area contributed by atoms with Crippen molar-refractivity contribution in [2.24, 2.45) is 0 Å². The minimum Gasteiger partial charge on any atom is -0.297 e. The molecule has 2 nitrogen and oxygen atoms in total. The first-order chi connectivity index (χ1) is 9.69. The predicted molar refractivity (Wildman–Crippen MR) is 86.0 cm³/mol. The van der Waals surface area contributed by atoms with Gasteiger partial charge < -0.3 is 0 Å². The Hall–Kier alpha value is -1.54. The molecule has 0 fully saturated rings. The molecule has 0 atom stereocenters. The lowest BCUT2D eigenvalue weighted by Crippen LogP contribution is -1.99. The van der Waals surface area contributed by atoms with Crippen molar-refractivity contribution in [2.45, 2.75) is 33.6 Å². The van der Waals surface area contributed by atoms with E-state index < -0.39 is 0 Å². The van der Waals surface area contributed by atoms with Crippen LogP contribution in [0.15, 0.2) is 24.4 Å². The van der Waals surface area contributed by atoms with Crippen molar-refractivity contribution in [3.63, 3.8) is 0 Å². The van der Waals surface area contributed by atoms with Crippen molar-refractivity contribution in [3.8, 4) is 0 Å². The number of hydrogen-bond acceptors (Lipinski definition) is 1. The largest absolute Gasteiger partial charge is 0.297 e. The molecule has 0 radical (unpaired) electrons. The smallest absolute Gasteiger partial charge is 0.110 e. The van der Waals surface area contributed by atoms with E-state index in [-0.39, 0.29) is 0 Å². The molecule has 0 aliphatic heterocycles. The van der Waals surface area contributed by atoms with E-state index in [1.807, 2.05) is 6.20 Å². The SMILES string of the molecule is CCc1cccc2c(CCCl)c3c(C)cnc(C)n3c12. The maximum atomic E-state index is 6.03. The van der Waals surface area contributed by atoms with E-state index in [0.29, 0.717) is 5.88 Å². The number of aromatic nitrogens is 2. The van der Waals surface area contributed by atoms with Gasteiger partial charge in [0.25, 0.3) is 0 Å². The molecule has 0 bridgehead atoms. The van der Waals surface area contributed by atoms with E-state index in [0.717, 1.165) is 18.7 Å². The third-order valence-corrected chi connectivity index (χ3v) is 4.23. The summed E-state index contributed by atoms with van der Waals surface area (Å²) < 4.78 is 2.31. The van der Waals surface area contributed by atoms with Crippen molar-refractivity contribution in [2.75, 3.05) is 5.88 Å². The van der Waals surface area contributed by atoms with Gasteiger partial charge in [-0.1, -0.05) is 25.1 Å². The number of aryl methyl sites for hydroxylation is 4. The van der Waals surface area contributed by atoms with E-state index in [1.165, 1.54) is 33.1 Å². The summed E-state index contributed by atoms with van der Waals surface area (Å²) in [7, 11) is 0. The first kappa shape index (κ1) is 13.4. The normalized spacial score (nSPS) is 11.6. The highest BCUT2D eigenvalue weighted by Gasteiger charge is 2.16. The third kappa shape index (κ3) is 1.82. The summed E-state index contributed by atoms with van der Waals surface area (Å²) in [6.45, 7) is 6.40. The number of hydrogen-bond donors (Lipinski definition) is 0. The summed E-state index contributed by atoms with van der Waals surface area (Å²) in [5.74, 6) is 1.68. The van der Waals surface area contributed by atoms with Crippen LogP contribution in [0.25, 0.3) is 16.4 Å². The molecule has 0 N–H and O–H groups in total. The van der Waals surface area contributed by atoms with Gasteiger partial charge in [-0.25, -0.2) is 4.98 Å². The minimum absolute atomic E-state index is 0.645. The lowest BCUT2D eigenvalue weighted by Gasteiger charge is -2.07. The molecule has 0 amide bonds. The molecule has 2 heterocycles. The minimum atomic E-state index is 0.645. The van der Waals surface area contributed by atoms with Crippen LogP contribution in [0.1, 0.15) is 29.4 Å². The molecule has 3 aromatic rings. The second kappa shape index (κ2) is 5.10. The summed E-state index contributed by atoms with van der Waals surface area (Å²) in [6.07, 6.45) is 3.88. The van der Waals surface area contributed by atoms with Gasteiger partial charge in [0.2, 0.25) is 0 Å². The Morgan fingerprint density at radius 3 is 2.70 bits per heavy atom. The van der Waals surface area contributed by atoms with Gasteiger partial charge in [0, 0.05) is 17.5 Å². The molecular weight excluding hydrogens is 268 g/mol. The Bertz CT molecular complexity index is 787. The quantitative estimate of drug-likeness (QED) is 0.650. The predicted octanol–water partition coefficient (Wildman–Crippen LogP) is 4.45. The lowest BCUT2D eigenvalue weighted by atomic mass is 10.0. The highest BCUT2D eigenvalue weighted by Crippen LogP contribution is 2.32. The number of nitrogens with zero attached hydrogens (tertiary/aromatic N) is 2. The van der Waals surface area contributed by atoms with Crippen molar-refractivity contribution < 1.29 is 0 Å². The molecule has 0 aliphatic rings. The van der Waals surface area contributed by atoms with Crippen LogP contribution in [0, 0.1) is 13.8 Å². The molecule has 2 aromatic heterocycles. The molecule has 0 saturated heterocycles. The molecular formula is C17H19ClN2. The number of halogens is 1. The summed E-state index contributed by atoms with van der Waals surface area (Å²) in [4.78, 5) is 4.54. The van der Waals surface area contributed by atoms with Crippen molar-refractivity contribution >= 4 is 28.0 Å². The fraction of sp³-hybridized carbons (Fsp3) is 0.353. The molecule has 3 rings (SSSR count). The second-order valence-electron chi connectivity index (χ2n) is 5.26. The summed E-state index contributed by atoms with van der Waals surface area (Å²) in [5, 5.41) is 1.32. The molecule has 0 unspecified atom stereocenters. The average molecular weight is 287 g/mol. The van der Waals surface area contributed by atoms with Crippen LogP contribution in [0.2, 0.25) is 0 Å². The Balaban J connectivity index is 2.60. The third-order valence-electron chi connectivity index (χ3n) is 4.05. The van der Waals surface area contributed by atoms with Gasteiger partial charge in [-0.05, 0) is 43.4 Å². The van der Waals surface area contributed by atoms with Crippen LogP contribution in [-0.2, 0) is 12.8 Å². The van der Waals surface area contributed by atoms with E-state index in [2.05, 4.69) is 48.4 Å². The molecule has 0 aliphatic carbocycles. The number of alkyl halides is 1. The maximum absolute atomic E-state index is 6.03. The van der Waals surface area contributed by atoms with E-state index in [1.54, 1.807) is 0 Å². The number of fused-ring (bicyclic) bond motifs is 3. The summed E-state index contributed by atoms with van der Waals surface area (Å²) in [6, 6.07) is 6.57. The molecule has 104 valence electrons. The van der Waals surface area contributed by atoms with Crippen LogP contribution in [0.4, 0.5) is 0 Å². The first-order valence-electron chi connectivity index (χ1n) is 7.12. The molecule has 20 heavy (non-hydrogen) atoms. The zero-order valence-corrected chi connectivity index (χ0v) is 13.0. The molecule has 3 heteroatoms. The van der Waals surface area contributed by atoms with Gasteiger partial charge in [-0.3, -0.25) is 4.40 Å². The standard InChI is InChI=1S/C17H19ClN2/c1-4-13-6-5-7-14-15(8-9-18)16-11(2)10-19-12(3)20(16)17(13)14/h5-7,10H,4,8-9H2,1-3H3. The van der Waals surface area contributed by atoms with Crippen LogP contribution < -0.4 is 0 Å². The molecule has 0 spiro atoms. The Morgan fingerprint density at radius 2 is 2.00 bits per heavy atom. The molecule has 1 aromatic carbocycles. The first-order valence-corrected chi connectivity index (χ1v) is 7.65. The topological polar surface area (TPSA) is 17.3 Å². The van der Waals surface area contributed by atoms with Gasteiger partial charge in [0.15, 0.2) is 0 Å². The number of para-hydroxylation sites is 1. The van der Waals surface area contributed by atoms with Crippen LogP contribution >= 0.6 is 11.6 Å². The van der Waals surface area contributed by atoms with Crippen molar-refractivity contribution in [1.82, 2.24) is 9.38 Å². The highest BCUT2D eigenvalue weighted by atomic mass is 35.5. The lowest BCUT2D eigenvalue weighted by molar-refractivity contribution is 0.989. The monoisotopic (exact) mass is 286 g/mol. The van der Waals surface area contributed by atoms with Crippen LogP contribution in [0.3, 0.4) is 0 Å². The number of benzene rings is 1. The molecule has 0 saturated carbocycles. The average Bonchev–Trinajstić information content (AvgIpc) is 2.79. The van der Waals surface area contributed by atoms with Gasteiger partial charge in [0.05, 0.1) is 11.0 Å². The van der Waals surface area contributed by atoms with Crippen molar-refractivity contribution in [1.29, 1.82) is 0 Å². The Kier molecular flexibility index (Phi) is 3.43. The van der Waals surface area contributed by atoms with Gasteiger partial charge in [-0.2, -0.15) is 0 Å². The fourth-order valence-corrected chi connectivity index (χ4v) is 3.34. The zero-order chi connectivity index (χ0) is 14.3. The van der Waals surface area contributed by atoms with Crippen LogP contribution in [0.5, 0.6) is 0 Å². The summed E-state index contributed by atoms with van der Waals surface area (Å²) in [5.41, 5.74) is 6.53. The van der Waals surface area contributed by atoms with E-state index in [9.17, 15) is 0 Å². The van der Waals surface area contributed by atoms with E-state index in [4.69, 9.17) is 11.6 Å². The van der Waals surface area contributed by atoms with Gasteiger partial charge >= 0.3 is 0 Å². The maximum Gasteiger partial charge on any atom is 0.110 e. The van der Waals surface area contributed by atoms with Gasteiger partial charge in [0.1, 0.15) is 5.82 Å². The Labute approximate surface area is 124 Å². The highest BCUT2D eigenvalue weighted by molar-refractivity contribution is 6.18. The van der Waals surface area contributed by atoms with E-state index >= 15 is 0 Å². The van der Waals surface area contributed by atoms with Crippen LogP contribution in [-0.4, -0.2) is 15.3 Å². The fourth-order valence-electron chi connectivity index (χ4n) is 3.15.